The first-order valence-electron chi connectivity index (χ1n) is 11.8. The van der Waals surface area contributed by atoms with Crippen molar-refractivity contribution in [1.29, 1.82) is 0 Å². The maximum absolute atomic E-state index is 14.1. The van der Waals surface area contributed by atoms with E-state index in [2.05, 4.69) is 15.5 Å². The molecule has 0 radical (unpaired) electrons. The highest BCUT2D eigenvalue weighted by atomic mass is 35.5. The van der Waals surface area contributed by atoms with Gasteiger partial charge in [-0.15, -0.1) is 0 Å². The average molecular weight is 542 g/mol. The third kappa shape index (κ3) is 5.51. The summed E-state index contributed by atoms with van der Waals surface area (Å²) in [5, 5.41) is 4.98. The third-order valence-corrected chi connectivity index (χ3v) is 6.28. The van der Waals surface area contributed by atoms with Gasteiger partial charge in [0, 0.05) is 32.6 Å². The molecule has 39 heavy (non-hydrogen) atoms. The number of aromatic nitrogens is 1. The maximum Gasteiger partial charge on any atom is 0.343 e. The normalized spacial score (nSPS) is 11.1. The molecule has 2 N–H and O–H groups in total. The van der Waals surface area contributed by atoms with Gasteiger partial charge in [-0.2, -0.15) is 5.10 Å². The van der Waals surface area contributed by atoms with Crippen molar-refractivity contribution in [2.45, 2.75) is 0 Å². The van der Waals surface area contributed by atoms with Gasteiger partial charge in [-0.05, 0) is 60.7 Å². The fourth-order valence-electron chi connectivity index (χ4n) is 4.06. The molecule has 1 amide bonds. The van der Waals surface area contributed by atoms with Gasteiger partial charge in [0.05, 0.1) is 18.9 Å². The number of fused-ring (bicyclic) bond motifs is 1. The van der Waals surface area contributed by atoms with Gasteiger partial charge in [-0.25, -0.2) is 14.6 Å². The van der Waals surface area contributed by atoms with E-state index in [1.165, 1.54) is 25.5 Å². The second-order valence-electron chi connectivity index (χ2n) is 8.40. The number of amides is 1. The summed E-state index contributed by atoms with van der Waals surface area (Å²) in [6.07, 6.45) is 1.37. The Bertz CT molecular complexity index is 1710. The summed E-state index contributed by atoms with van der Waals surface area (Å²) >= 11 is 6.42. The van der Waals surface area contributed by atoms with E-state index in [0.29, 0.717) is 43.9 Å². The highest BCUT2D eigenvalue weighted by Crippen LogP contribution is 2.37. The lowest BCUT2D eigenvalue weighted by molar-refractivity contribution is 0.0734. The van der Waals surface area contributed by atoms with E-state index in [1.54, 1.807) is 78.9 Å². The zero-order chi connectivity index (χ0) is 27.4. The zero-order valence-electron chi connectivity index (χ0n) is 20.6. The van der Waals surface area contributed by atoms with Crippen molar-refractivity contribution in [2.75, 3.05) is 7.11 Å². The number of carbonyl (C=O) groups excluding carboxylic acids is 2. The number of methoxy groups -OCH3 is 1. The van der Waals surface area contributed by atoms with E-state index < -0.39 is 17.7 Å². The standard InChI is InChI=1S/C30H21ClFN3O4/c1-38-21-13-10-18(11-14-21)30(37)39-26-9-5-2-6-19(26)17-33-35-29(36)28-27(22-7-3-4-8-24(22)31)23-16-20(32)12-15-25(23)34-28/h2-17,34H,1H3,(H,35,36). The van der Waals surface area contributed by atoms with Gasteiger partial charge in [-0.1, -0.05) is 41.9 Å². The summed E-state index contributed by atoms with van der Waals surface area (Å²) in [5.74, 6) is -0.690. The molecule has 5 rings (SSSR count). The second-order valence-corrected chi connectivity index (χ2v) is 8.81. The van der Waals surface area contributed by atoms with Crippen LogP contribution in [0.25, 0.3) is 22.0 Å². The van der Waals surface area contributed by atoms with E-state index >= 15 is 0 Å². The number of hydrazone groups is 1. The van der Waals surface area contributed by atoms with Crippen molar-refractivity contribution >= 4 is 40.6 Å². The molecule has 194 valence electrons. The second kappa shape index (κ2) is 11.2. The minimum absolute atomic E-state index is 0.167. The van der Waals surface area contributed by atoms with Gasteiger partial charge in [0.25, 0.3) is 5.91 Å². The number of nitrogens with one attached hydrogen (secondary N) is 2. The molecular weight excluding hydrogens is 521 g/mol. The van der Waals surface area contributed by atoms with Crippen molar-refractivity contribution in [3.05, 3.63) is 119 Å². The lowest BCUT2D eigenvalue weighted by atomic mass is 10.0. The Kier molecular flexibility index (Phi) is 7.38. The number of halogens is 2. The Morgan fingerprint density at radius 1 is 0.974 bits per heavy atom. The van der Waals surface area contributed by atoms with Crippen LogP contribution in [0.15, 0.2) is 96.1 Å². The predicted octanol–water partition coefficient (Wildman–Crippen LogP) is 6.62. The first-order chi connectivity index (χ1) is 18.9. The molecule has 9 heteroatoms. The van der Waals surface area contributed by atoms with E-state index in [-0.39, 0.29) is 11.4 Å². The number of benzene rings is 4. The molecule has 0 aliphatic rings. The highest BCUT2D eigenvalue weighted by molar-refractivity contribution is 6.34. The molecule has 0 aliphatic carbocycles. The number of aromatic amines is 1. The Labute approximate surface area is 227 Å². The Morgan fingerprint density at radius 2 is 1.72 bits per heavy atom. The van der Waals surface area contributed by atoms with Crippen molar-refractivity contribution in [3.8, 4) is 22.6 Å². The SMILES string of the molecule is COc1ccc(C(=O)Oc2ccccc2C=NNC(=O)c2[nH]c3ccc(F)cc3c2-c2ccccc2Cl)cc1. The van der Waals surface area contributed by atoms with Crippen LogP contribution in [-0.4, -0.2) is 30.2 Å². The summed E-state index contributed by atoms with van der Waals surface area (Å²) in [4.78, 5) is 28.9. The number of hydrogen-bond acceptors (Lipinski definition) is 5. The minimum Gasteiger partial charge on any atom is -0.497 e. The topological polar surface area (TPSA) is 92.8 Å². The number of para-hydroxylation sites is 1. The van der Waals surface area contributed by atoms with Crippen LogP contribution in [0.5, 0.6) is 11.5 Å². The number of ether oxygens (including phenoxy) is 2. The minimum atomic E-state index is -0.564. The van der Waals surface area contributed by atoms with Crippen LogP contribution in [0, 0.1) is 5.82 Å². The molecule has 0 aliphatic heterocycles. The van der Waals surface area contributed by atoms with Gasteiger partial charge in [0.1, 0.15) is 23.0 Å². The molecule has 0 unspecified atom stereocenters. The smallest absolute Gasteiger partial charge is 0.343 e. The van der Waals surface area contributed by atoms with Crippen LogP contribution < -0.4 is 14.9 Å². The molecule has 0 saturated carbocycles. The van der Waals surface area contributed by atoms with Crippen LogP contribution >= 0.6 is 11.6 Å². The van der Waals surface area contributed by atoms with Crippen LogP contribution in [0.1, 0.15) is 26.4 Å². The number of esters is 1. The number of rotatable bonds is 7. The average Bonchev–Trinajstić information content (AvgIpc) is 3.32. The van der Waals surface area contributed by atoms with Gasteiger partial charge in [0.15, 0.2) is 0 Å². The lowest BCUT2D eigenvalue weighted by Crippen LogP contribution is -2.19. The molecular formula is C30H21ClFN3O4. The fraction of sp³-hybridized carbons (Fsp3) is 0.0333. The molecule has 0 bridgehead atoms. The summed E-state index contributed by atoms with van der Waals surface area (Å²) in [6, 6.07) is 24.5. The molecule has 0 fully saturated rings. The van der Waals surface area contributed by atoms with E-state index in [1.807, 2.05) is 0 Å². The first-order valence-corrected chi connectivity index (χ1v) is 12.2. The monoisotopic (exact) mass is 541 g/mol. The summed E-state index contributed by atoms with van der Waals surface area (Å²) in [7, 11) is 1.54. The quantitative estimate of drug-likeness (QED) is 0.105. The van der Waals surface area contributed by atoms with E-state index in [0.717, 1.165) is 0 Å². The largest absolute Gasteiger partial charge is 0.497 e. The van der Waals surface area contributed by atoms with Crippen molar-refractivity contribution < 1.29 is 23.5 Å². The molecule has 4 aromatic carbocycles. The molecule has 5 aromatic rings. The summed E-state index contributed by atoms with van der Waals surface area (Å²) in [5.41, 5.74) is 5.05. The predicted molar refractivity (Wildman–Crippen MR) is 148 cm³/mol. The van der Waals surface area contributed by atoms with Crippen LogP contribution in [-0.2, 0) is 0 Å². The Balaban J connectivity index is 1.39. The molecule has 0 saturated heterocycles. The van der Waals surface area contributed by atoms with Crippen LogP contribution in [0.4, 0.5) is 4.39 Å². The number of nitrogens with zero attached hydrogens (tertiary/aromatic N) is 1. The lowest BCUT2D eigenvalue weighted by Gasteiger charge is -2.08. The van der Waals surface area contributed by atoms with Gasteiger partial charge >= 0.3 is 5.97 Å². The number of H-pyrrole nitrogens is 1. The zero-order valence-corrected chi connectivity index (χ0v) is 21.3. The first kappa shape index (κ1) is 25.7. The molecule has 1 aromatic heterocycles. The van der Waals surface area contributed by atoms with E-state index in [4.69, 9.17) is 21.1 Å². The van der Waals surface area contributed by atoms with E-state index in [9.17, 15) is 14.0 Å². The third-order valence-electron chi connectivity index (χ3n) is 5.95. The van der Waals surface area contributed by atoms with Gasteiger partial charge in [-0.3, -0.25) is 4.79 Å². The van der Waals surface area contributed by atoms with Crippen LogP contribution in [0.2, 0.25) is 5.02 Å². The fourth-order valence-corrected chi connectivity index (χ4v) is 4.29. The highest BCUT2D eigenvalue weighted by Gasteiger charge is 2.21. The molecule has 1 heterocycles. The Morgan fingerprint density at radius 3 is 2.49 bits per heavy atom. The molecule has 0 spiro atoms. The number of carbonyl (C=O) groups is 2. The summed E-state index contributed by atoms with van der Waals surface area (Å²) < 4.78 is 24.8. The van der Waals surface area contributed by atoms with Gasteiger partial charge in [0.2, 0.25) is 0 Å². The summed E-state index contributed by atoms with van der Waals surface area (Å²) in [6.45, 7) is 0. The van der Waals surface area contributed by atoms with Crippen molar-refractivity contribution in [1.82, 2.24) is 10.4 Å². The van der Waals surface area contributed by atoms with Crippen LogP contribution in [0.3, 0.4) is 0 Å². The maximum atomic E-state index is 14.1. The van der Waals surface area contributed by atoms with Crippen molar-refractivity contribution in [2.24, 2.45) is 5.10 Å². The molecule has 0 atom stereocenters. The van der Waals surface area contributed by atoms with Crippen molar-refractivity contribution in [3.63, 3.8) is 0 Å². The number of hydrogen-bond donors (Lipinski definition) is 2. The Hall–Kier alpha value is -4.95. The molecule has 7 nitrogen and oxygen atoms in total. The van der Waals surface area contributed by atoms with Gasteiger partial charge < -0.3 is 14.5 Å².